The lowest BCUT2D eigenvalue weighted by atomic mass is 9.48. The second-order valence-corrected chi connectivity index (χ2v) is 9.66. The highest BCUT2D eigenvalue weighted by Crippen LogP contribution is 2.62. The summed E-state index contributed by atoms with van der Waals surface area (Å²) < 4.78 is 12.4. The van der Waals surface area contributed by atoms with Gasteiger partial charge in [-0.1, -0.05) is 19.4 Å². The lowest BCUT2D eigenvalue weighted by molar-refractivity contribution is -0.00897. The summed E-state index contributed by atoms with van der Waals surface area (Å²) in [5, 5.41) is 0. The van der Waals surface area contributed by atoms with Gasteiger partial charge in [0, 0.05) is 12.7 Å². The quantitative estimate of drug-likeness (QED) is 0.498. The molecule has 4 bridgehead atoms. The van der Waals surface area contributed by atoms with Crippen molar-refractivity contribution in [1.29, 1.82) is 0 Å². The smallest absolute Gasteiger partial charge is 0.188 e. The number of hydrogen-bond acceptors (Lipinski definition) is 2. The number of aryl methyl sites for hydroxylation is 1. The van der Waals surface area contributed by atoms with Gasteiger partial charge in [-0.2, -0.15) is 0 Å². The van der Waals surface area contributed by atoms with Gasteiger partial charge >= 0.3 is 0 Å². The highest BCUT2D eigenvalue weighted by Gasteiger charge is 2.52. The van der Waals surface area contributed by atoms with Crippen LogP contribution < -0.4 is 4.74 Å². The Hall–Kier alpha value is -0.540. The molecule has 0 N–H and O–H groups in total. The normalized spacial score (nSPS) is 33.0. The van der Waals surface area contributed by atoms with Gasteiger partial charge in [0.1, 0.15) is 5.75 Å². The number of benzene rings is 1. The van der Waals surface area contributed by atoms with Crippen molar-refractivity contribution in [3.8, 4) is 5.75 Å². The third kappa shape index (κ3) is 3.39. The molecule has 25 heavy (non-hydrogen) atoms. The van der Waals surface area contributed by atoms with E-state index in [1.54, 1.807) is 7.11 Å². The van der Waals surface area contributed by atoms with Crippen LogP contribution in [0.5, 0.6) is 5.75 Å². The fraction of sp³-hybridized carbons (Fsp3) is 0.727. The molecule has 4 saturated carbocycles. The van der Waals surface area contributed by atoms with Gasteiger partial charge in [-0.3, -0.25) is 0 Å². The molecule has 138 valence electrons. The molecule has 5 rings (SSSR count). The Kier molecular flexibility index (Phi) is 5.16. The monoisotopic (exact) mass is 406 g/mol. The van der Waals surface area contributed by atoms with E-state index < -0.39 is 0 Å². The van der Waals surface area contributed by atoms with Crippen LogP contribution in [0.15, 0.2) is 16.6 Å². The van der Waals surface area contributed by atoms with Crippen molar-refractivity contribution in [3.05, 3.63) is 27.7 Å². The van der Waals surface area contributed by atoms with Crippen molar-refractivity contribution in [3.63, 3.8) is 0 Å². The molecule has 0 spiro atoms. The van der Waals surface area contributed by atoms with Gasteiger partial charge in [-0.15, -0.1) is 0 Å². The van der Waals surface area contributed by atoms with Gasteiger partial charge in [0.2, 0.25) is 0 Å². The van der Waals surface area contributed by atoms with Crippen LogP contribution in [0.1, 0.15) is 69.4 Å². The first-order valence-electron chi connectivity index (χ1n) is 10.1. The third-order valence-electron chi connectivity index (χ3n) is 6.85. The summed E-state index contributed by atoms with van der Waals surface area (Å²) in [5.41, 5.74) is 3.29. The van der Waals surface area contributed by atoms with E-state index in [4.69, 9.17) is 9.47 Å². The summed E-state index contributed by atoms with van der Waals surface area (Å²) in [6, 6.07) is 4.75. The molecule has 0 amide bonds. The van der Waals surface area contributed by atoms with Crippen molar-refractivity contribution in [1.82, 2.24) is 0 Å². The largest absolute Gasteiger partial charge is 0.466 e. The average molecular weight is 407 g/mol. The molecule has 0 atom stereocenters. The number of ether oxygens (including phenoxy) is 2. The first-order valence-corrected chi connectivity index (χ1v) is 10.9. The average Bonchev–Trinajstić information content (AvgIpc) is 2.57. The van der Waals surface area contributed by atoms with Crippen molar-refractivity contribution in [2.24, 2.45) is 17.8 Å². The Morgan fingerprint density at radius 3 is 2.28 bits per heavy atom. The fourth-order valence-electron chi connectivity index (χ4n) is 6.27. The minimum atomic E-state index is 0.326. The predicted molar refractivity (Wildman–Crippen MR) is 105 cm³/mol. The number of unbranched alkanes of at least 4 members (excludes halogenated alkanes) is 1. The second kappa shape index (κ2) is 7.23. The summed E-state index contributed by atoms with van der Waals surface area (Å²) in [6.45, 7) is 2.59. The van der Waals surface area contributed by atoms with E-state index >= 15 is 0 Å². The summed E-state index contributed by atoms with van der Waals surface area (Å²) in [5.74, 6) is 3.88. The van der Waals surface area contributed by atoms with E-state index in [0.717, 1.165) is 28.0 Å². The van der Waals surface area contributed by atoms with Gasteiger partial charge in [-0.05, 0) is 102 Å². The van der Waals surface area contributed by atoms with Gasteiger partial charge in [-0.25, -0.2) is 0 Å². The Labute approximate surface area is 160 Å². The Morgan fingerprint density at radius 2 is 1.72 bits per heavy atom. The van der Waals surface area contributed by atoms with Gasteiger partial charge in [0.05, 0.1) is 4.47 Å². The molecule has 0 saturated heterocycles. The minimum absolute atomic E-state index is 0.326. The third-order valence-corrected chi connectivity index (χ3v) is 7.44. The van der Waals surface area contributed by atoms with Gasteiger partial charge < -0.3 is 9.47 Å². The molecule has 4 fully saturated rings. The van der Waals surface area contributed by atoms with E-state index in [1.807, 2.05) is 0 Å². The van der Waals surface area contributed by atoms with E-state index in [2.05, 4.69) is 35.0 Å². The molecule has 4 aliphatic carbocycles. The first-order chi connectivity index (χ1) is 12.1. The molecule has 1 aromatic rings. The molecule has 4 aliphatic rings. The number of rotatable bonds is 7. The topological polar surface area (TPSA) is 18.5 Å². The summed E-state index contributed by atoms with van der Waals surface area (Å²) >= 11 is 3.82. The van der Waals surface area contributed by atoms with Crippen molar-refractivity contribution < 1.29 is 9.47 Å². The SMILES string of the molecule is CCCCc1cc(Br)c(OCOC)c(C23CC4CC(CC(C4)C2)C3)c1. The maximum absolute atomic E-state index is 6.10. The molecule has 0 radical (unpaired) electrons. The van der Waals surface area contributed by atoms with Gasteiger partial charge in [0.15, 0.2) is 6.79 Å². The maximum atomic E-state index is 6.10. The van der Waals surface area contributed by atoms with Crippen LogP contribution in [0.25, 0.3) is 0 Å². The lowest BCUT2D eigenvalue weighted by Gasteiger charge is -2.57. The van der Waals surface area contributed by atoms with Crippen LogP contribution in [-0.4, -0.2) is 13.9 Å². The van der Waals surface area contributed by atoms with Crippen LogP contribution in [0, 0.1) is 17.8 Å². The molecule has 3 heteroatoms. The maximum Gasteiger partial charge on any atom is 0.188 e. The molecular formula is C22H31BrO2. The predicted octanol–water partition coefficient (Wildman–Crippen LogP) is 6.24. The Balaban J connectivity index is 1.74. The van der Waals surface area contributed by atoms with Crippen molar-refractivity contribution in [2.45, 2.75) is 70.1 Å². The highest BCUT2D eigenvalue weighted by molar-refractivity contribution is 9.10. The highest BCUT2D eigenvalue weighted by atomic mass is 79.9. The van der Waals surface area contributed by atoms with E-state index in [-0.39, 0.29) is 0 Å². The van der Waals surface area contributed by atoms with E-state index in [1.165, 1.54) is 68.9 Å². The van der Waals surface area contributed by atoms with Crippen LogP contribution in [-0.2, 0) is 16.6 Å². The molecule has 1 aromatic carbocycles. The molecule has 0 unspecified atom stereocenters. The van der Waals surface area contributed by atoms with Gasteiger partial charge in [0.25, 0.3) is 0 Å². The summed E-state index contributed by atoms with van der Waals surface area (Å²) in [6.07, 6.45) is 12.2. The van der Waals surface area contributed by atoms with Crippen molar-refractivity contribution >= 4 is 15.9 Å². The number of methoxy groups -OCH3 is 1. The van der Waals surface area contributed by atoms with E-state index in [0.29, 0.717) is 12.2 Å². The zero-order chi connectivity index (χ0) is 17.4. The fourth-order valence-corrected chi connectivity index (χ4v) is 6.90. The van der Waals surface area contributed by atoms with Crippen LogP contribution >= 0.6 is 15.9 Å². The first kappa shape index (κ1) is 17.9. The zero-order valence-corrected chi connectivity index (χ0v) is 17.2. The lowest BCUT2D eigenvalue weighted by Crippen LogP contribution is -2.48. The molecule has 0 aromatic heterocycles. The minimum Gasteiger partial charge on any atom is -0.466 e. The molecule has 0 heterocycles. The van der Waals surface area contributed by atoms with Crippen molar-refractivity contribution in [2.75, 3.05) is 13.9 Å². The zero-order valence-electron chi connectivity index (χ0n) is 15.7. The Bertz CT molecular complexity index is 589. The second-order valence-electron chi connectivity index (χ2n) is 8.81. The summed E-state index contributed by atoms with van der Waals surface area (Å²) in [4.78, 5) is 0. The molecule has 0 aliphatic heterocycles. The molecular weight excluding hydrogens is 376 g/mol. The van der Waals surface area contributed by atoms with Crippen LogP contribution in [0.4, 0.5) is 0 Å². The number of halogens is 1. The van der Waals surface area contributed by atoms with Crippen LogP contribution in [0.2, 0.25) is 0 Å². The van der Waals surface area contributed by atoms with E-state index in [9.17, 15) is 0 Å². The standard InChI is InChI=1S/C22H31BrO2/c1-3-4-5-15-9-19(21(20(23)10-15)25-14-24-2)22-11-16-6-17(12-22)8-18(7-16)13-22/h9-10,16-18H,3-8,11-14H2,1-2H3. The number of hydrogen-bond donors (Lipinski definition) is 0. The molecule has 2 nitrogen and oxygen atoms in total. The Morgan fingerprint density at radius 1 is 1.08 bits per heavy atom. The van der Waals surface area contributed by atoms with Crippen LogP contribution in [0.3, 0.4) is 0 Å². The summed E-state index contributed by atoms with van der Waals surface area (Å²) in [7, 11) is 1.70.